The number of carbonyl (C=O) groups is 1. The lowest BCUT2D eigenvalue weighted by molar-refractivity contribution is -0.137. The van der Waals surface area contributed by atoms with Gasteiger partial charge in [-0.3, -0.25) is 4.79 Å². The molecule has 1 fully saturated rings. The topological polar surface area (TPSA) is 29.1 Å². The van der Waals surface area contributed by atoms with E-state index in [9.17, 15) is 26.7 Å². The molecule has 0 saturated heterocycles. The molecule has 26 heavy (non-hydrogen) atoms. The van der Waals surface area contributed by atoms with Gasteiger partial charge in [0, 0.05) is 23.6 Å². The molecule has 1 aliphatic rings. The molecule has 0 aromatic heterocycles. The van der Waals surface area contributed by atoms with Crippen LogP contribution >= 0.6 is 0 Å². The van der Waals surface area contributed by atoms with Gasteiger partial charge in [0.25, 0.3) is 5.91 Å². The van der Waals surface area contributed by atoms with Gasteiger partial charge < -0.3 is 5.32 Å². The Kier molecular flexibility index (Phi) is 4.50. The summed E-state index contributed by atoms with van der Waals surface area (Å²) in [7, 11) is 0. The van der Waals surface area contributed by atoms with Gasteiger partial charge in [-0.05, 0) is 48.2 Å². The molecule has 0 bridgehead atoms. The number of alkyl halides is 3. The van der Waals surface area contributed by atoms with Crippen LogP contribution < -0.4 is 5.32 Å². The summed E-state index contributed by atoms with van der Waals surface area (Å²) in [4.78, 5) is 12.2. The van der Waals surface area contributed by atoms with Crippen LogP contribution in [0.15, 0.2) is 42.5 Å². The highest BCUT2D eigenvalue weighted by Crippen LogP contribution is 2.54. The van der Waals surface area contributed by atoms with E-state index < -0.39 is 34.7 Å². The number of hydrogen-bond acceptors (Lipinski definition) is 1. The fourth-order valence-corrected chi connectivity index (χ4v) is 3.25. The van der Waals surface area contributed by atoms with Crippen molar-refractivity contribution in [3.05, 3.63) is 70.8 Å². The van der Waals surface area contributed by atoms with Gasteiger partial charge in [0.15, 0.2) is 0 Å². The van der Waals surface area contributed by atoms with Crippen LogP contribution in [-0.2, 0) is 11.6 Å². The normalized spacial score (nSPS) is 22.2. The molecule has 0 heterocycles. The Morgan fingerprint density at radius 1 is 1.15 bits per heavy atom. The molecular formula is C19H16F5NO. The lowest BCUT2D eigenvalue weighted by Gasteiger charge is -2.19. The molecule has 2 atom stereocenters. The van der Waals surface area contributed by atoms with Gasteiger partial charge in [-0.2, -0.15) is 13.2 Å². The summed E-state index contributed by atoms with van der Waals surface area (Å²) >= 11 is 0. The Balaban J connectivity index is 1.72. The van der Waals surface area contributed by atoms with Crippen molar-refractivity contribution >= 4 is 5.91 Å². The van der Waals surface area contributed by atoms with Gasteiger partial charge in [-0.15, -0.1) is 0 Å². The lowest BCUT2D eigenvalue weighted by Crippen LogP contribution is -2.33. The third kappa shape index (κ3) is 3.43. The molecule has 138 valence electrons. The van der Waals surface area contributed by atoms with E-state index in [1.54, 1.807) is 0 Å². The minimum Gasteiger partial charge on any atom is -0.351 e. The standard InChI is InChI=1S/C19H16F5NO/c1-11-9-18(11,15-7-6-14(20)8-16(15)21)10-25-17(26)12-2-4-13(5-3-12)19(22,23)24/h2-8,11H,9-10H2,1H3,(H,25,26). The maximum absolute atomic E-state index is 14.1. The first-order chi connectivity index (χ1) is 12.1. The molecule has 0 radical (unpaired) electrons. The summed E-state index contributed by atoms with van der Waals surface area (Å²) in [5.41, 5.74) is -1.05. The highest BCUT2D eigenvalue weighted by atomic mass is 19.4. The number of amides is 1. The van der Waals surface area contributed by atoms with E-state index in [1.165, 1.54) is 12.1 Å². The van der Waals surface area contributed by atoms with Crippen LogP contribution in [0, 0.1) is 17.6 Å². The predicted molar refractivity (Wildman–Crippen MR) is 85.6 cm³/mol. The zero-order chi connectivity index (χ0) is 19.1. The quantitative estimate of drug-likeness (QED) is 0.779. The van der Waals surface area contributed by atoms with Crippen molar-refractivity contribution in [1.82, 2.24) is 5.32 Å². The Morgan fingerprint density at radius 2 is 1.77 bits per heavy atom. The van der Waals surface area contributed by atoms with Crippen LogP contribution in [0.3, 0.4) is 0 Å². The third-order valence-corrected chi connectivity index (χ3v) is 4.96. The Bertz CT molecular complexity index is 831. The van der Waals surface area contributed by atoms with Crippen LogP contribution in [0.25, 0.3) is 0 Å². The molecule has 2 aromatic carbocycles. The average molecular weight is 369 g/mol. The molecule has 2 unspecified atom stereocenters. The molecule has 2 nitrogen and oxygen atoms in total. The van der Waals surface area contributed by atoms with E-state index in [-0.39, 0.29) is 18.0 Å². The smallest absolute Gasteiger partial charge is 0.351 e. The molecule has 1 saturated carbocycles. The second kappa shape index (κ2) is 6.37. The van der Waals surface area contributed by atoms with Gasteiger partial charge in [-0.1, -0.05) is 13.0 Å². The van der Waals surface area contributed by atoms with Crippen molar-refractivity contribution in [3.8, 4) is 0 Å². The second-order valence-corrected chi connectivity index (χ2v) is 6.64. The number of rotatable bonds is 4. The monoisotopic (exact) mass is 369 g/mol. The summed E-state index contributed by atoms with van der Waals surface area (Å²) < 4.78 is 64.9. The summed E-state index contributed by atoms with van der Waals surface area (Å²) in [6, 6.07) is 7.22. The van der Waals surface area contributed by atoms with E-state index in [1.807, 2.05) is 6.92 Å². The maximum atomic E-state index is 14.1. The minimum absolute atomic E-state index is 0.0843. The predicted octanol–water partition coefficient (Wildman–Crippen LogP) is 4.69. The van der Waals surface area contributed by atoms with Gasteiger partial charge >= 0.3 is 6.18 Å². The summed E-state index contributed by atoms with van der Waals surface area (Å²) in [5.74, 6) is -1.79. The van der Waals surface area contributed by atoms with Crippen molar-refractivity contribution in [1.29, 1.82) is 0 Å². The van der Waals surface area contributed by atoms with Crippen molar-refractivity contribution in [2.24, 2.45) is 5.92 Å². The Morgan fingerprint density at radius 3 is 2.27 bits per heavy atom. The van der Waals surface area contributed by atoms with Gasteiger partial charge in [0.1, 0.15) is 11.6 Å². The first kappa shape index (κ1) is 18.4. The van der Waals surface area contributed by atoms with Crippen LogP contribution in [0.4, 0.5) is 22.0 Å². The van der Waals surface area contributed by atoms with Crippen LogP contribution in [-0.4, -0.2) is 12.5 Å². The van der Waals surface area contributed by atoms with Crippen molar-refractivity contribution < 1.29 is 26.7 Å². The number of nitrogens with one attached hydrogen (secondary N) is 1. The molecule has 0 spiro atoms. The number of hydrogen-bond donors (Lipinski definition) is 1. The third-order valence-electron chi connectivity index (χ3n) is 4.96. The van der Waals surface area contributed by atoms with E-state index >= 15 is 0 Å². The summed E-state index contributed by atoms with van der Waals surface area (Å²) in [6.45, 7) is 2.02. The van der Waals surface area contributed by atoms with Crippen molar-refractivity contribution in [2.75, 3.05) is 6.54 Å². The highest BCUT2D eigenvalue weighted by molar-refractivity contribution is 5.94. The molecule has 1 aliphatic carbocycles. The number of halogens is 5. The van der Waals surface area contributed by atoms with E-state index in [2.05, 4.69) is 5.32 Å². The van der Waals surface area contributed by atoms with Crippen molar-refractivity contribution in [3.63, 3.8) is 0 Å². The zero-order valence-corrected chi connectivity index (χ0v) is 13.8. The Hall–Kier alpha value is -2.44. The van der Waals surface area contributed by atoms with E-state index in [0.717, 1.165) is 30.3 Å². The van der Waals surface area contributed by atoms with Gasteiger partial charge in [0.2, 0.25) is 0 Å². The molecule has 1 amide bonds. The largest absolute Gasteiger partial charge is 0.416 e. The average Bonchev–Trinajstić information content (AvgIpc) is 3.22. The van der Waals surface area contributed by atoms with Gasteiger partial charge in [-0.25, -0.2) is 8.78 Å². The SMILES string of the molecule is CC1CC1(CNC(=O)c1ccc(C(F)(F)F)cc1)c1ccc(F)cc1F. The molecule has 0 aliphatic heterocycles. The molecular weight excluding hydrogens is 353 g/mol. The van der Waals surface area contributed by atoms with Gasteiger partial charge in [0.05, 0.1) is 5.56 Å². The first-order valence-corrected chi connectivity index (χ1v) is 8.04. The molecule has 2 aromatic rings. The van der Waals surface area contributed by atoms with E-state index in [0.29, 0.717) is 12.0 Å². The fraction of sp³-hybridized carbons (Fsp3) is 0.316. The molecule has 1 N–H and O–H groups in total. The molecule has 7 heteroatoms. The Labute approximate surface area is 147 Å². The summed E-state index contributed by atoms with van der Waals surface area (Å²) in [5, 5.41) is 2.65. The van der Waals surface area contributed by atoms with Crippen LogP contribution in [0.5, 0.6) is 0 Å². The highest BCUT2D eigenvalue weighted by Gasteiger charge is 2.53. The lowest BCUT2D eigenvalue weighted by atomic mass is 9.92. The van der Waals surface area contributed by atoms with E-state index in [4.69, 9.17) is 0 Å². The number of benzene rings is 2. The summed E-state index contributed by atoms with van der Waals surface area (Å²) in [6.07, 6.45) is -3.84. The van der Waals surface area contributed by atoms with Crippen LogP contribution in [0.2, 0.25) is 0 Å². The zero-order valence-electron chi connectivity index (χ0n) is 13.8. The fourth-order valence-electron chi connectivity index (χ4n) is 3.25. The molecule has 3 rings (SSSR count). The van der Waals surface area contributed by atoms with Crippen LogP contribution in [0.1, 0.15) is 34.8 Å². The van der Waals surface area contributed by atoms with Crippen molar-refractivity contribution in [2.45, 2.75) is 24.9 Å². The maximum Gasteiger partial charge on any atom is 0.416 e. The second-order valence-electron chi connectivity index (χ2n) is 6.64. The first-order valence-electron chi connectivity index (χ1n) is 8.04. The minimum atomic E-state index is -4.47. The number of carbonyl (C=O) groups excluding carboxylic acids is 1.